The van der Waals surface area contributed by atoms with Crippen molar-refractivity contribution in [3.63, 3.8) is 0 Å². The van der Waals surface area contributed by atoms with Crippen molar-refractivity contribution in [2.24, 2.45) is 5.92 Å². The number of alkyl halides is 3. The minimum Gasteiger partial charge on any atom is -0.494 e. The highest BCUT2D eigenvalue weighted by molar-refractivity contribution is 6.05. The molecule has 2 atom stereocenters. The third-order valence-electron chi connectivity index (χ3n) is 7.75. The number of likely N-dealkylation sites (tertiary alicyclic amines) is 1. The molecule has 2 amide bonds. The molecule has 46 heavy (non-hydrogen) atoms. The number of nitrogens with one attached hydrogen (secondary N) is 3. The number of unbranched alkanes of at least 4 members (excludes halogenated alkanes) is 1. The third kappa shape index (κ3) is 8.46. The van der Waals surface area contributed by atoms with Crippen LogP contribution in [0.15, 0.2) is 30.6 Å². The Kier molecular flexibility index (Phi) is 11.1. The Bertz CT molecular complexity index is 1690. The molecule has 1 saturated heterocycles. The lowest BCUT2D eigenvalue weighted by Gasteiger charge is -2.37. The van der Waals surface area contributed by atoms with E-state index in [4.69, 9.17) is 10.00 Å². The maximum Gasteiger partial charge on any atom is 0.406 e. The number of imidazole rings is 1. The van der Waals surface area contributed by atoms with E-state index in [0.717, 1.165) is 43.0 Å². The lowest BCUT2D eigenvalue weighted by Crippen LogP contribution is -2.50. The molecule has 0 saturated carbocycles. The largest absolute Gasteiger partial charge is 0.494 e. The molecule has 0 unspecified atom stereocenters. The third-order valence-corrected chi connectivity index (χ3v) is 7.75. The fourth-order valence-electron chi connectivity index (χ4n) is 5.46. The van der Waals surface area contributed by atoms with Crippen LogP contribution in [0.4, 0.5) is 23.2 Å². The van der Waals surface area contributed by atoms with Crippen molar-refractivity contribution in [2.75, 3.05) is 45.7 Å². The van der Waals surface area contributed by atoms with Crippen molar-refractivity contribution in [3.8, 4) is 23.7 Å². The van der Waals surface area contributed by atoms with Gasteiger partial charge in [0.1, 0.15) is 23.6 Å². The second-order valence-corrected chi connectivity index (χ2v) is 11.1. The second kappa shape index (κ2) is 15.0. The van der Waals surface area contributed by atoms with Crippen LogP contribution in [-0.4, -0.2) is 78.8 Å². The Hall–Kier alpha value is -4.82. The first-order chi connectivity index (χ1) is 21.9. The second-order valence-electron chi connectivity index (χ2n) is 11.1. The Morgan fingerprint density at radius 1 is 1.17 bits per heavy atom. The summed E-state index contributed by atoms with van der Waals surface area (Å²) < 4.78 is 60.5. The van der Waals surface area contributed by atoms with E-state index >= 15 is 0 Å². The van der Waals surface area contributed by atoms with Crippen LogP contribution in [0.2, 0.25) is 0 Å². The van der Waals surface area contributed by atoms with Crippen LogP contribution in [0.25, 0.3) is 11.0 Å². The maximum atomic E-state index is 14.3. The molecule has 3 N–H and O–H groups in total. The van der Waals surface area contributed by atoms with Gasteiger partial charge in [-0.3, -0.25) is 9.59 Å². The summed E-state index contributed by atoms with van der Waals surface area (Å²) >= 11 is 0. The van der Waals surface area contributed by atoms with Crippen LogP contribution in [0, 0.1) is 34.9 Å². The van der Waals surface area contributed by atoms with Gasteiger partial charge in [-0.15, -0.1) is 0 Å². The molecule has 1 aliphatic heterocycles. The number of rotatable bonds is 10. The highest BCUT2D eigenvalue weighted by Crippen LogP contribution is 2.28. The van der Waals surface area contributed by atoms with E-state index < -0.39 is 30.4 Å². The summed E-state index contributed by atoms with van der Waals surface area (Å²) in [6, 6.07) is 7.29. The minimum absolute atomic E-state index is 0.00100. The lowest BCUT2D eigenvalue weighted by atomic mass is 9.93. The molecule has 0 spiro atoms. The summed E-state index contributed by atoms with van der Waals surface area (Å²) in [7, 11) is 2.72. The molecular formula is C32H35F4N7O3. The molecule has 0 bridgehead atoms. The average molecular weight is 642 g/mol. The number of nitrogens with zero attached hydrogens (tertiary/aromatic N) is 4. The minimum atomic E-state index is -4.51. The molecule has 1 fully saturated rings. The van der Waals surface area contributed by atoms with Gasteiger partial charge in [-0.2, -0.15) is 18.4 Å². The summed E-state index contributed by atoms with van der Waals surface area (Å²) in [5.74, 6) is 4.15. The smallest absolute Gasteiger partial charge is 0.406 e. The summed E-state index contributed by atoms with van der Waals surface area (Å²) in [6.07, 6.45) is -1.52. The van der Waals surface area contributed by atoms with Crippen LogP contribution in [0.3, 0.4) is 0 Å². The highest BCUT2D eigenvalue weighted by atomic mass is 19.4. The maximum absolute atomic E-state index is 14.3. The van der Waals surface area contributed by atoms with Crippen LogP contribution in [0.5, 0.6) is 5.75 Å². The molecule has 14 heteroatoms. The van der Waals surface area contributed by atoms with E-state index in [1.54, 1.807) is 0 Å². The van der Waals surface area contributed by atoms with E-state index in [1.165, 1.54) is 32.4 Å². The number of benzene rings is 2. The standard InChI is InChI=1S/C32H35F4N7O3/c1-20-17-42(11-5-4-9-37)12-8-25(20)41-31(45)23-13-21(14-27-29(23)40-19-43(27)18-32(34,35)36)7-6-10-39-26-15-22(30(44)38-2)24(33)16-28(26)46-3/h13-16,19-20,25,39H,4-5,8,10-12,17-18H2,1-3H3,(H,38,44)(H,41,45)/t20-,25-/m0/s1. The van der Waals surface area contributed by atoms with Crippen molar-refractivity contribution in [3.05, 3.63) is 53.1 Å². The van der Waals surface area contributed by atoms with Crippen molar-refractivity contribution in [1.82, 2.24) is 25.1 Å². The molecule has 3 aromatic rings. The van der Waals surface area contributed by atoms with Gasteiger partial charge in [-0.25, -0.2) is 9.37 Å². The predicted octanol–water partition coefficient (Wildman–Crippen LogP) is 4.31. The zero-order chi connectivity index (χ0) is 33.4. The van der Waals surface area contributed by atoms with Gasteiger partial charge in [-0.05, 0) is 43.5 Å². The van der Waals surface area contributed by atoms with E-state index in [0.29, 0.717) is 24.1 Å². The van der Waals surface area contributed by atoms with E-state index in [2.05, 4.69) is 43.7 Å². The predicted molar refractivity (Wildman–Crippen MR) is 164 cm³/mol. The number of amides is 2. The fraction of sp³-hybridized carbons (Fsp3) is 0.438. The molecular weight excluding hydrogens is 606 g/mol. The van der Waals surface area contributed by atoms with Crippen molar-refractivity contribution >= 4 is 28.5 Å². The van der Waals surface area contributed by atoms with E-state index in [-0.39, 0.29) is 46.4 Å². The zero-order valence-electron chi connectivity index (χ0n) is 25.7. The van der Waals surface area contributed by atoms with Crippen molar-refractivity contribution in [2.45, 2.75) is 44.9 Å². The first-order valence-corrected chi connectivity index (χ1v) is 14.7. The first kappa shape index (κ1) is 34.1. The topological polar surface area (TPSA) is 124 Å². The molecule has 2 aromatic carbocycles. The number of piperidine rings is 1. The molecule has 4 rings (SSSR count). The number of fused-ring (bicyclic) bond motifs is 1. The quantitative estimate of drug-likeness (QED) is 0.171. The van der Waals surface area contributed by atoms with Crippen molar-refractivity contribution in [1.29, 1.82) is 5.26 Å². The first-order valence-electron chi connectivity index (χ1n) is 14.7. The number of nitriles is 1. The van der Waals surface area contributed by atoms with E-state index in [1.807, 2.05) is 6.92 Å². The Morgan fingerprint density at radius 2 is 1.96 bits per heavy atom. The number of ether oxygens (including phenoxy) is 1. The van der Waals surface area contributed by atoms with Crippen LogP contribution < -0.4 is 20.7 Å². The summed E-state index contributed by atoms with van der Waals surface area (Å²) in [5.41, 5.74) is 0.746. The number of anilines is 1. The normalized spacial score (nSPS) is 16.7. The Labute approximate surface area is 264 Å². The summed E-state index contributed by atoms with van der Waals surface area (Å²) in [4.78, 5) is 32.0. The van der Waals surface area contributed by atoms with Gasteiger partial charge < -0.3 is 30.2 Å². The number of hydrogen-bond donors (Lipinski definition) is 3. The number of aromatic nitrogens is 2. The molecule has 0 radical (unpaired) electrons. The molecule has 244 valence electrons. The Balaban J connectivity index is 1.57. The van der Waals surface area contributed by atoms with Crippen LogP contribution in [0.1, 0.15) is 52.5 Å². The number of halogens is 4. The molecule has 1 aliphatic rings. The van der Waals surface area contributed by atoms with Gasteiger partial charge in [-0.1, -0.05) is 18.8 Å². The fourth-order valence-corrected chi connectivity index (χ4v) is 5.46. The molecule has 2 heterocycles. The van der Waals surface area contributed by atoms with Gasteiger partial charge in [0.25, 0.3) is 11.8 Å². The monoisotopic (exact) mass is 641 g/mol. The van der Waals surface area contributed by atoms with Gasteiger partial charge in [0.2, 0.25) is 0 Å². The van der Waals surface area contributed by atoms with E-state index in [9.17, 15) is 27.2 Å². The lowest BCUT2D eigenvalue weighted by molar-refractivity contribution is -0.139. The molecule has 10 nitrogen and oxygen atoms in total. The molecule has 0 aliphatic carbocycles. The molecule has 1 aromatic heterocycles. The van der Waals surface area contributed by atoms with Crippen LogP contribution >= 0.6 is 0 Å². The number of carbonyl (C=O) groups excluding carboxylic acids is 2. The number of carbonyl (C=O) groups is 2. The van der Waals surface area contributed by atoms with Crippen LogP contribution in [-0.2, 0) is 6.54 Å². The zero-order valence-corrected chi connectivity index (χ0v) is 25.7. The summed E-state index contributed by atoms with van der Waals surface area (Å²) in [6.45, 7) is 3.03. The number of methoxy groups -OCH3 is 1. The van der Waals surface area contributed by atoms with Crippen molar-refractivity contribution < 1.29 is 31.9 Å². The van der Waals surface area contributed by atoms with Gasteiger partial charge in [0.15, 0.2) is 0 Å². The van der Waals surface area contributed by atoms with Gasteiger partial charge >= 0.3 is 6.18 Å². The van der Waals surface area contributed by atoms with Gasteiger partial charge in [0, 0.05) is 44.2 Å². The number of hydrogen-bond acceptors (Lipinski definition) is 7. The Morgan fingerprint density at radius 3 is 2.63 bits per heavy atom. The average Bonchev–Trinajstić information content (AvgIpc) is 3.41. The SMILES string of the molecule is CNC(=O)c1cc(NCC#Cc2cc(C(=O)N[C@H]3CCN(CCCC#N)C[C@@H]3C)c3ncn(CC(F)(F)F)c3c2)c(OC)cc1F. The summed E-state index contributed by atoms with van der Waals surface area (Å²) in [5, 5.41) is 17.2. The van der Waals surface area contributed by atoms with Gasteiger partial charge in [0.05, 0.1) is 48.4 Å². The highest BCUT2D eigenvalue weighted by Gasteiger charge is 2.31.